The van der Waals surface area contributed by atoms with Gasteiger partial charge in [0, 0.05) is 5.92 Å². The van der Waals surface area contributed by atoms with E-state index in [4.69, 9.17) is 4.52 Å². The van der Waals surface area contributed by atoms with E-state index < -0.39 is 0 Å². The van der Waals surface area contributed by atoms with Crippen LogP contribution in [0.5, 0.6) is 0 Å². The molecule has 0 radical (unpaired) electrons. The Morgan fingerprint density at radius 2 is 2.18 bits per heavy atom. The van der Waals surface area contributed by atoms with Crippen LogP contribution in [0.4, 0.5) is 0 Å². The van der Waals surface area contributed by atoms with Crippen LogP contribution in [-0.2, 0) is 0 Å². The van der Waals surface area contributed by atoms with Crippen LogP contribution in [0.1, 0.15) is 69.1 Å². The van der Waals surface area contributed by atoms with E-state index in [9.17, 15) is 0 Å². The molecule has 1 saturated carbocycles. The summed E-state index contributed by atoms with van der Waals surface area (Å²) < 4.78 is 5.43. The molecule has 2 heterocycles. The van der Waals surface area contributed by atoms with Crippen molar-refractivity contribution in [1.82, 2.24) is 15.5 Å². The van der Waals surface area contributed by atoms with Crippen molar-refractivity contribution in [2.75, 3.05) is 6.54 Å². The minimum atomic E-state index is 0.295. The predicted octanol–water partition coefficient (Wildman–Crippen LogP) is 2.79. The number of nitrogens with one attached hydrogen (secondary N) is 1. The molecule has 2 unspecified atom stereocenters. The van der Waals surface area contributed by atoms with Crippen LogP contribution in [0.15, 0.2) is 4.52 Å². The minimum Gasteiger partial charge on any atom is -0.338 e. The lowest BCUT2D eigenvalue weighted by Crippen LogP contribution is -2.27. The molecule has 1 aliphatic carbocycles. The van der Waals surface area contributed by atoms with Gasteiger partial charge in [0.1, 0.15) is 0 Å². The van der Waals surface area contributed by atoms with Gasteiger partial charge >= 0.3 is 0 Å². The summed E-state index contributed by atoms with van der Waals surface area (Å²) in [7, 11) is 0. The number of hydrogen-bond donors (Lipinski definition) is 1. The highest BCUT2D eigenvalue weighted by atomic mass is 16.5. The Kier molecular flexibility index (Phi) is 3.14. The molecule has 4 nitrogen and oxygen atoms in total. The largest absolute Gasteiger partial charge is 0.338 e. The summed E-state index contributed by atoms with van der Waals surface area (Å²) in [6, 6.07) is 0.295. The van der Waals surface area contributed by atoms with E-state index in [1.54, 1.807) is 0 Å². The maximum absolute atomic E-state index is 5.43. The highest BCUT2D eigenvalue weighted by molar-refractivity contribution is 5.01. The predicted molar refractivity (Wildman–Crippen MR) is 64.6 cm³/mol. The fraction of sp³-hybridized carbons (Fsp3) is 0.846. The van der Waals surface area contributed by atoms with Gasteiger partial charge in [-0.25, -0.2) is 0 Å². The van der Waals surface area contributed by atoms with Gasteiger partial charge in [-0.2, -0.15) is 4.98 Å². The lowest BCUT2D eigenvalue weighted by Gasteiger charge is -2.19. The van der Waals surface area contributed by atoms with Crippen LogP contribution in [0.25, 0.3) is 0 Å². The first kappa shape index (κ1) is 11.2. The standard InChI is InChI=1S/C13H21N3O/c1-9-5-6-10(8-9)12-15-13(17-16-12)11-4-2-3-7-14-11/h9-11,14H,2-8H2,1H3/t9?,10?,11-/m0/s1. The molecule has 1 aromatic heterocycles. The smallest absolute Gasteiger partial charge is 0.243 e. The molecule has 4 heteroatoms. The van der Waals surface area contributed by atoms with Crippen molar-refractivity contribution in [3.8, 4) is 0 Å². The molecule has 2 aliphatic rings. The minimum absolute atomic E-state index is 0.295. The number of piperidine rings is 1. The Balaban J connectivity index is 1.69. The molecule has 0 amide bonds. The third kappa shape index (κ3) is 2.37. The maximum atomic E-state index is 5.43. The van der Waals surface area contributed by atoms with Crippen molar-refractivity contribution < 1.29 is 4.52 Å². The molecule has 3 rings (SSSR count). The molecule has 1 aliphatic heterocycles. The third-order valence-corrected chi connectivity index (χ3v) is 4.13. The second-order valence-electron chi connectivity index (χ2n) is 5.61. The van der Waals surface area contributed by atoms with E-state index in [1.165, 1.54) is 32.1 Å². The average molecular weight is 235 g/mol. The molecule has 17 heavy (non-hydrogen) atoms. The summed E-state index contributed by atoms with van der Waals surface area (Å²) in [4.78, 5) is 4.61. The van der Waals surface area contributed by atoms with E-state index in [2.05, 4.69) is 22.4 Å². The van der Waals surface area contributed by atoms with Crippen LogP contribution in [0.2, 0.25) is 0 Å². The summed E-state index contributed by atoms with van der Waals surface area (Å²) in [5.74, 6) is 3.09. The zero-order valence-corrected chi connectivity index (χ0v) is 10.5. The van der Waals surface area contributed by atoms with E-state index in [0.717, 1.165) is 30.6 Å². The van der Waals surface area contributed by atoms with Gasteiger partial charge in [0.15, 0.2) is 5.82 Å². The summed E-state index contributed by atoms with van der Waals surface area (Å²) in [5, 5.41) is 7.63. The van der Waals surface area contributed by atoms with E-state index >= 15 is 0 Å². The molecular formula is C13H21N3O. The van der Waals surface area contributed by atoms with Crippen molar-refractivity contribution in [2.24, 2.45) is 5.92 Å². The second kappa shape index (κ2) is 4.77. The molecule has 1 N–H and O–H groups in total. The van der Waals surface area contributed by atoms with Gasteiger partial charge in [-0.05, 0) is 44.6 Å². The Morgan fingerprint density at radius 3 is 2.88 bits per heavy atom. The summed E-state index contributed by atoms with van der Waals surface area (Å²) in [5.41, 5.74) is 0. The maximum Gasteiger partial charge on any atom is 0.243 e. The number of nitrogens with zero attached hydrogens (tertiary/aromatic N) is 2. The second-order valence-corrected chi connectivity index (χ2v) is 5.61. The average Bonchev–Trinajstić information content (AvgIpc) is 2.98. The van der Waals surface area contributed by atoms with Crippen molar-refractivity contribution in [3.05, 3.63) is 11.7 Å². The summed E-state index contributed by atoms with van der Waals surface area (Å²) >= 11 is 0. The molecule has 94 valence electrons. The Morgan fingerprint density at radius 1 is 1.24 bits per heavy atom. The van der Waals surface area contributed by atoms with Gasteiger partial charge in [-0.1, -0.05) is 18.5 Å². The first-order valence-corrected chi connectivity index (χ1v) is 6.90. The number of hydrogen-bond acceptors (Lipinski definition) is 4. The fourth-order valence-corrected chi connectivity index (χ4v) is 3.06. The van der Waals surface area contributed by atoms with E-state index in [0.29, 0.717) is 12.0 Å². The Hall–Kier alpha value is -0.900. The zero-order valence-electron chi connectivity index (χ0n) is 10.5. The van der Waals surface area contributed by atoms with Gasteiger partial charge in [-0.3, -0.25) is 0 Å². The third-order valence-electron chi connectivity index (χ3n) is 4.13. The Labute approximate surface area is 102 Å². The fourth-order valence-electron chi connectivity index (χ4n) is 3.06. The van der Waals surface area contributed by atoms with Crippen molar-refractivity contribution in [3.63, 3.8) is 0 Å². The monoisotopic (exact) mass is 235 g/mol. The molecular weight excluding hydrogens is 214 g/mol. The van der Waals surface area contributed by atoms with Crippen molar-refractivity contribution in [1.29, 1.82) is 0 Å². The van der Waals surface area contributed by atoms with Crippen LogP contribution >= 0.6 is 0 Å². The lowest BCUT2D eigenvalue weighted by atomic mass is 10.0. The number of aromatic nitrogens is 2. The molecule has 1 aromatic rings. The SMILES string of the molecule is CC1CCC(c2noc([C@@H]3CCCCN3)n2)C1. The van der Waals surface area contributed by atoms with Crippen LogP contribution in [0.3, 0.4) is 0 Å². The number of rotatable bonds is 2. The lowest BCUT2D eigenvalue weighted by molar-refractivity contribution is 0.295. The highest BCUT2D eigenvalue weighted by Gasteiger charge is 2.28. The van der Waals surface area contributed by atoms with E-state index in [1.807, 2.05) is 0 Å². The highest BCUT2D eigenvalue weighted by Crippen LogP contribution is 2.37. The van der Waals surface area contributed by atoms with Crippen LogP contribution in [-0.4, -0.2) is 16.7 Å². The van der Waals surface area contributed by atoms with Gasteiger partial charge in [0.25, 0.3) is 0 Å². The van der Waals surface area contributed by atoms with Crippen molar-refractivity contribution in [2.45, 2.75) is 57.4 Å². The van der Waals surface area contributed by atoms with Gasteiger partial charge in [0.2, 0.25) is 5.89 Å². The van der Waals surface area contributed by atoms with Gasteiger partial charge < -0.3 is 9.84 Å². The summed E-state index contributed by atoms with van der Waals surface area (Å²) in [6.45, 7) is 3.38. The molecule has 0 spiro atoms. The molecule has 0 bridgehead atoms. The zero-order chi connectivity index (χ0) is 11.7. The van der Waals surface area contributed by atoms with Gasteiger partial charge in [-0.15, -0.1) is 0 Å². The first-order chi connectivity index (χ1) is 8.33. The molecule has 2 fully saturated rings. The Bertz CT molecular complexity index is 351. The molecule has 0 aromatic carbocycles. The van der Waals surface area contributed by atoms with E-state index in [-0.39, 0.29) is 0 Å². The molecule has 3 atom stereocenters. The summed E-state index contributed by atoms with van der Waals surface area (Å²) in [6.07, 6.45) is 7.39. The van der Waals surface area contributed by atoms with Crippen LogP contribution < -0.4 is 5.32 Å². The topological polar surface area (TPSA) is 51.0 Å². The quantitative estimate of drug-likeness (QED) is 0.856. The van der Waals surface area contributed by atoms with Crippen LogP contribution in [0, 0.1) is 5.92 Å². The normalized spacial score (nSPS) is 34.1. The first-order valence-electron chi connectivity index (χ1n) is 6.90. The van der Waals surface area contributed by atoms with Crippen molar-refractivity contribution >= 4 is 0 Å². The van der Waals surface area contributed by atoms with Gasteiger partial charge in [0.05, 0.1) is 6.04 Å². The molecule has 1 saturated heterocycles.